The van der Waals surface area contributed by atoms with Crippen LogP contribution in [0.4, 0.5) is 0 Å². The van der Waals surface area contributed by atoms with Crippen LogP contribution in [0.5, 0.6) is 0 Å². The van der Waals surface area contributed by atoms with E-state index in [2.05, 4.69) is 21.7 Å². The van der Waals surface area contributed by atoms with Gasteiger partial charge in [0.2, 0.25) is 5.91 Å². The first-order valence-electron chi connectivity index (χ1n) is 11.3. The Labute approximate surface area is 165 Å². The van der Waals surface area contributed by atoms with Crippen molar-refractivity contribution >= 4 is 5.91 Å². The maximum atomic E-state index is 12.8. The molecule has 0 N–H and O–H groups in total. The van der Waals surface area contributed by atoms with Crippen molar-refractivity contribution in [2.75, 3.05) is 66.0 Å². The van der Waals surface area contributed by atoms with Crippen molar-refractivity contribution in [1.29, 1.82) is 0 Å². The second-order valence-corrected chi connectivity index (χ2v) is 8.60. The molecule has 0 spiro atoms. The van der Waals surface area contributed by atoms with Gasteiger partial charge in [-0.1, -0.05) is 6.42 Å². The van der Waals surface area contributed by atoms with Crippen LogP contribution in [0.25, 0.3) is 0 Å². The number of carbonyl (C=O) groups excluding carboxylic acids is 1. The summed E-state index contributed by atoms with van der Waals surface area (Å²) < 4.78 is 0. The van der Waals surface area contributed by atoms with Crippen LogP contribution >= 0.6 is 0 Å². The fourth-order valence-corrected chi connectivity index (χ4v) is 4.72. The molecular weight excluding hydrogens is 340 g/mol. The molecule has 27 heavy (non-hydrogen) atoms. The number of carbonyl (C=O) groups is 1. The predicted molar refractivity (Wildman–Crippen MR) is 109 cm³/mol. The zero-order valence-corrected chi connectivity index (χ0v) is 17.4. The Morgan fingerprint density at radius 2 is 1.59 bits per heavy atom. The van der Waals surface area contributed by atoms with Crippen LogP contribution in [-0.2, 0) is 9.63 Å². The fraction of sp³-hybridized carbons (Fsp3) is 0.952. The minimum Gasteiger partial charge on any atom is -0.303 e. The van der Waals surface area contributed by atoms with E-state index in [0.717, 1.165) is 39.1 Å². The molecule has 6 nitrogen and oxygen atoms in total. The molecule has 1 unspecified atom stereocenters. The molecule has 0 bridgehead atoms. The number of hydrogen-bond acceptors (Lipinski definition) is 5. The van der Waals surface area contributed by atoms with Gasteiger partial charge < -0.3 is 14.7 Å². The third kappa shape index (κ3) is 7.00. The van der Waals surface area contributed by atoms with E-state index in [0.29, 0.717) is 19.1 Å². The summed E-state index contributed by atoms with van der Waals surface area (Å²) in [6.45, 7) is 9.03. The minimum absolute atomic E-state index is 0.168. The highest BCUT2D eigenvalue weighted by molar-refractivity contribution is 5.75. The van der Waals surface area contributed by atoms with E-state index in [9.17, 15) is 4.79 Å². The van der Waals surface area contributed by atoms with E-state index in [-0.39, 0.29) is 5.91 Å². The van der Waals surface area contributed by atoms with Gasteiger partial charge in [0.1, 0.15) is 0 Å². The highest BCUT2D eigenvalue weighted by Gasteiger charge is 2.24. The lowest BCUT2D eigenvalue weighted by Gasteiger charge is -2.29. The van der Waals surface area contributed by atoms with E-state index >= 15 is 0 Å². The minimum atomic E-state index is 0.168. The summed E-state index contributed by atoms with van der Waals surface area (Å²) in [5.74, 6) is 0.168. The number of rotatable bonds is 10. The Balaban J connectivity index is 1.43. The zero-order chi connectivity index (χ0) is 18.9. The van der Waals surface area contributed by atoms with Gasteiger partial charge in [-0.15, -0.1) is 0 Å². The molecule has 3 aliphatic rings. The predicted octanol–water partition coefficient (Wildman–Crippen LogP) is 2.20. The Bertz CT molecular complexity index is 436. The highest BCUT2D eigenvalue weighted by atomic mass is 16.7. The lowest BCUT2D eigenvalue weighted by molar-refractivity contribution is -0.189. The molecule has 0 saturated carbocycles. The molecule has 1 atom stereocenters. The molecule has 3 aliphatic heterocycles. The first-order valence-corrected chi connectivity index (χ1v) is 11.3. The molecule has 0 radical (unpaired) electrons. The first kappa shape index (κ1) is 21.0. The maximum absolute atomic E-state index is 12.8. The van der Waals surface area contributed by atoms with Gasteiger partial charge in [-0.05, 0) is 84.7 Å². The Morgan fingerprint density at radius 3 is 2.26 bits per heavy atom. The number of hydroxylamine groups is 2. The van der Waals surface area contributed by atoms with Gasteiger partial charge in [0.05, 0.1) is 13.2 Å². The van der Waals surface area contributed by atoms with Crippen LogP contribution in [0.2, 0.25) is 0 Å². The molecule has 0 aromatic carbocycles. The monoisotopic (exact) mass is 380 g/mol. The summed E-state index contributed by atoms with van der Waals surface area (Å²) in [5, 5.41) is 1.70. The zero-order valence-electron chi connectivity index (χ0n) is 17.4. The van der Waals surface area contributed by atoms with Gasteiger partial charge in [-0.2, -0.15) is 0 Å². The second kappa shape index (κ2) is 11.3. The number of amides is 1. The molecule has 0 aliphatic carbocycles. The van der Waals surface area contributed by atoms with Crippen molar-refractivity contribution in [3.8, 4) is 0 Å². The van der Waals surface area contributed by atoms with Crippen LogP contribution in [-0.4, -0.2) is 97.7 Å². The van der Waals surface area contributed by atoms with Crippen molar-refractivity contribution in [1.82, 2.24) is 19.8 Å². The summed E-state index contributed by atoms with van der Waals surface area (Å²) in [5.41, 5.74) is 0. The molecule has 3 saturated heterocycles. The Hall–Kier alpha value is -0.690. The maximum Gasteiger partial charge on any atom is 0.247 e. The van der Waals surface area contributed by atoms with Crippen LogP contribution in [0.1, 0.15) is 57.8 Å². The molecule has 0 aromatic rings. The van der Waals surface area contributed by atoms with Crippen molar-refractivity contribution in [2.24, 2.45) is 0 Å². The van der Waals surface area contributed by atoms with Crippen LogP contribution < -0.4 is 0 Å². The molecule has 3 rings (SSSR count). The van der Waals surface area contributed by atoms with Gasteiger partial charge >= 0.3 is 0 Å². The molecule has 3 fully saturated rings. The molecule has 1 amide bonds. The third-order valence-electron chi connectivity index (χ3n) is 6.56. The quantitative estimate of drug-likeness (QED) is 0.544. The standard InChI is InChI=1S/C21H40N4O2/c1-22-11-7-8-20(22)9-17-25(21(26)10-16-23-14-5-6-15-23)27-19-18-24-12-3-2-4-13-24/h20H,2-19H2,1H3. The van der Waals surface area contributed by atoms with Gasteiger partial charge in [0.15, 0.2) is 0 Å². The van der Waals surface area contributed by atoms with Gasteiger partial charge in [0, 0.05) is 25.6 Å². The second-order valence-electron chi connectivity index (χ2n) is 8.60. The number of nitrogens with zero attached hydrogens (tertiary/aromatic N) is 4. The topological polar surface area (TPSA) is 39.3 Å². The van der Waals surface area contributed by atoms with Crippen LogP contribution in [0.3, 0.4) is 0 Å². The van der Waals surface area contributed by atoms with E-state index in [1.807, 2.05) is 0 Å². The summed E-state index contributed by atoms with van der Waals surface area (Å²) in [6.07, 6.45) is 10.6. The third-order valence-corrected chi connectivity index (χ3v) is 6.56. The number of piperidine rings is 1. The van der Waals surface area contributed by atoms with Crippen molar-refractivity contribution < 1.29 is 9.63 Å². The molecule has 156 valence electrons. The summed E-state index contributed by atoms with van der Waals surface area (Å²) in [6, 6.07) is 0.601. The number of hydrogen-bond donors (Lipinski definition) is 0. The molecule has 0 aromatic heterocycles. The molecular formula is C21H40N4O2. The number of likely N-dealkylation sites (tertiary alicyclic amines) is 3. The average molecular weight is 381 g/mol. The summed E-state index contributed by atoms with van der Waals surface area (Å²) in [7, 11) is 2.20. The lowest BCUT2D eigenvalue weighted by Crippen LogP contribution is -2.40. The van der Waals surface area contributed by atoms with E-state index < -0.39 is 0 Å². The molecule has 6 heteroatoms. The van der Waals surface area contributed by atoms with Gasteiger partial charge in [-0.3, -0.25) is 9.63 Å². The largest absolute Gasteiger partial charge is 0.303 e. The Morgan fingerprint density at radius 1 is 0.926 bits per heavy atom. The van der Waals surface area contributed by atoms with Crippen molar-refractivity contribution in [3.05, 3.63) is 0 Å². The van der Waals surface area contributed by atoms with Gasteiger partial charge in [-0.25, -0.2) is 5.06 Å². The van der Waals surface area contributed by atoms with E-state index in [4.69, 9.17) is 4.84 Å². The van der Waals surface area contributed by atoms with Crippen LogP contribution in [0, 0.1) is 0 Å². The Kier molecular flexibility index (Phi) is 8.84. The summed E-state index contributed by atoms with van der Waals surface area (Å²) >= 11 is 0. The normalized spacial score (nSPS) is 25.3. The van der Waals surface area contributed by atoms with Crippen molar-refractivity contribution in [2.45, 2.75) is 63.8 Å². The lowest BCUT2D eigenvalue weighted by atomic mass is 10.1. The van der Waals surface area contributed by atoms with Crippen LogP contribution in [0.15, 0.2) is 0 Å². The smallest absolute Gasteiger partial charge is 0.247 e. The SMILES string of the molecule is CN1CCCC1CCN(OCCN1CCCCC1)C(=O)CCN1CCCC1. The first-order chi connectivity index (χ1) is 13.2. The highest BCUT2D eigenvalue weighted by Crippen LogP contribution is 2.18. The molecule has 3 heterocycles. The fourth-order valence-electron chi connectivity index (χ4n) is 4.72. The van der Waals surface area contributed by atoms with Crippen molar-refractivity contribution in [3.63, 3.8) is 0 Å². The summed E-state index contributed by atoms with van der Waals surface area (Å²) in [4.78, 5) is 26.2. The van der Waals surface area contributed by atoms with Gasteiger partial charge in [0.25, 0.3) is 0 Å². The van der Waals surface area contributed by atoms with E-state index in [1.54, 1.807) is 5.06 Å². The van der Waals surface area contributed by atoms with E-state index in [1.165, 1.54) is 64.6 Å². The average Bonchev–Trinajstić information content (AvgIpc) is 3.35.